The summed E-state index contributed by atoms with van der Waals surface area (Å²) < 4.78 is 6.08. The Kier molecular flexibility index (Phi) is 5.85. The lowest BCUT2D eigenvalue weighted by atomic mass is 9.93. The van der Waals surface area contributed by atoms with E-state index in [1.165, 1.54) is 19.3 Å². The molecule has 1 fully saturated rings. The number of halogens is 2. The molecule has 0 spiro atoms. The Hall–Kier alpha value is -1.74. The summed E-state index contributed by atoms with van der Waals surface area (Å²) in [5.41, 5.74) is 10.5. The lowest BCUT2D eigenvalue weighted by Gasteiger charge is -2.35. The zero-order valence-corrected chi connectivity index (χ0v) is 15.7. The van der Waals surface area contributed by atoms with Gasteiger partial charge in [-0.2, -0.15) is 4.79 Å². The maximum Gasteiger partial charge on any atom is 0.317 e. The Morgan fingerprint density at radius 3 is 2.44 bits per heavy atom. The van der Waals surface area contributed by atoms with Crippen LogP contribution in [-0.4, -0.2) is 33.9 Å². The highest BCUT2D eigenvalue weighted by molar-refractivity contribution is 6.35. The Morgan fingerprint density at radius 1 is 1.12 bits per heavy atom. The molecule has 0 amide bonds. The number of likely N-dealkylation sites (N-methyl/N-ethyl adjacent to an activating group) is 1. The molecule has 0 aliphatic heterocycles. The number of benzene rings is 1. The normalized spacial score (nSPS) is 21.2. The summed E-state index contributed by atoms with van der Waals surface area (Å²) in [5, 5.41) is -0.00355. The second kappa shape index (κ2) is 8.09. The third-order valence-electron chi connectivity index (χ3n) is 4.81. The average Bonchev–Trinajstić information content (AvgIpc) is 2.65. The molecule has 1 atom stereocenters. The van der Waals surface area contributed by atoms with Crippen LogP contribution in [0.25, 0.3) is 5.53 Å². The fourth-order valence-corrected chi connectivity index (χ4v) is 3.77. The van der Waals surface area contributed by atoms with Gasteiger partial charge < -0.3 is 15.2 Å². The summed E-state index contributed by atoms with van der Waals surface area (Å²) >= 11 is 12.5. The highest BCUT2D eigenvalue weighted by Gasteiger charge is 2.34. The second-order valence-corrected chi connectivity index (χ2v) is 7.30. The zero-order valence-electron chi connectivity index (χ0n) is 14.2. The number of allylic oxidation sites excluding steroid dienone is 3. The summed E-state index contributed by atoms with van der Waals surface area (Å²) in [7, 11) is 2.07. The summed E-state index contributed by atoms with van der Waals surface area (Å²) in [5.74, 6) is 1.22. The van der Waals surface area contributed by atoms with Gasteiger partial charge in [-0.05, 0) is 43.2 Å². The van der Waals surface area contributed by atoms with Gasteiger partial charge in [0.1, 0.15) is 5.75 Å². The van der Waals surface area contributed by atoms with Crippen LogP contribution >= 0.6 is 23.2 Å². The van der Waals surface area contributed by atoms with Crippen molar-refractivity contribution in [2.24, 2.45) is 0 Å². The SMILES string of the molecule is CN(C1=C(Oc2ccc(Cl)cc2)C(Cl)C(=[N+]=[N-])C=C1)C1CCCCC1. The first-order valence-corrected chi connectivity index (χ1v) is 9.36. The third kappa shape index (κ3) is 4.09. The largest absolute Gasteiger partial charge is 0.457 e. The minimum Gasteiger partial charge on any atom is -0.457 e. The van der Waals surface area contributed by atoms with Crippen LogP contribution in [0.2, 0.25) is 5.02 Å². The average molecular weight is 378 g/mol. The van der Waals surface area contributed by atoms with Gasteiger partial charge in [-0.25, -0.2) is 0 Å². The van der Waals surface area contributed by atoms with Gasteiger partial charge in [0.05, 0.1) is 5.70 Å². The molecular weight excluding hydrogens is 357 g/mol. The maximum absolute atomic E-state index is 9.20. The van der Waals surface area contributed by atoms with Crippen LogP contribution in [0, 0.1) is 0 Å². The molecule has 6 heteroatoms. The van der Waals surface area contributed by atoms with Crippen molar-refractivity contribution in [2.45, 2.75) is 43.5 Å². The molecule has 1 aromatic rings. The van der Waals surface area contributed by atoms with Crippen molar-refractivity contribution in [3.05, 3.63) is 58.4 Å². The van der Waals surface area contributed by atoms with Crippen molar-refractivity contribution in [3.63, 3.8) is 0 Å². The maximum atomic E-state index is 9.20. The molecule has 25 heavy (non-hydrogen) atoms. The highest BCUT2D eigenvalue weighted by Crippen LogP contribution is 2.31. The summed E-state index contributed by atoms with van der Waals surface area (Å²) in [6.45, 7) is 0. The molecule has 2 aliphatic carbocycles. The molecule has 1 aromatic carbocycles. The fourth-order valence-electron chi connectivity index (χ4n) is 3.37. The molecule has 0 saturated heterocycles. The summed E-state index contributed by atoms with van der Waals surface area (Å²) in [6.07, 6.45) is 9.76. The van der Waals surface area contributed by atoms with E-state index in [2.05, 4.69) is 16.7 Å². The van der Waals surface area contributed by atoms with E-state index in [9.17, 15) is 5.53 Å². The summed E-state index contributed by atoms with van der Waals surface area (Å²) in [6, 6.07) is 7.60. The Labute approximate surface area is 158 Å². The predicted octanol–water partition coefficient (Wildman–Crippen LogP) is 5.04. The van der Waals surface area contributed by atoms with Crippen molar-refractivity contribution in [2.75, 3.05) is 7.05 Å². The molecule has 2 aliphatic rings. The van der Waals surface area contributed by atoms with Gasteiger partial charge in [0, 0.05) is 24.2 Å². The van der Waals surface area contributed by atoms with E-state index in [-0.39, 0.29) is 0 Å². The minimum atomic E-state index is -0.647. The molecule has 0 N–H and O–H groups in total. The van der Waals surface area contributed by atoms with Gasteiger partial charge in [-0.1, -0.05) is 30.9 Å². The van der Waals surface area contributed by atoms with Crippen LogP contribution in [0.4, 0.5) is 0 Å². The lowest BCUT2D eigenvalue weighted by molar-refractivity contribution is -0.00609. The molecule has 3 rings (SSSR count). The predicted molar refractivity (Wildman–Crippen MR) is 101 cm³/mol. The molecule has 0 aromatic heterocycles. The van der Waals surface area contributed by atoms with Crippen LogP contribution in [0.15, 0.2) is 47.9 Å². The number of hydrogen-bond donors (Lipinski definition) is 0. The number of hydrogen-bond acceptors (Lipinski definition) is 2. The number of nitrogens with zero attached hydrogens (tertiary/aromatic N) is 3. The lowest BCUT2D eigenvalue weighted by Crippen LogP contribution is -2.37. The number of alkyl halides is 1. The van der Waals surface area contributed by atoms with Crippen molar-refractivity contribution in [1.82, 2.24) is 4.90 Å². The molecule has 0 heterocycles. The molecule has 1 unspecified atom stereocenters. The number of rotatable bonds is 4. The van der Waals surface area contributed by atoms with E-state index in [4.69, 9.17) is 27.9 Å². The smallest absolute Gasteiger partial charge is 0.317 e. The minimum absolute atomic E-state index is 0.367. The van der Waals surface area contributed by atoms with Crippen molar-refractivity contribution < 1.29 is 9.53 Å². The van der Waals surface area contributed by atoms with Crippen LogP contribution in [0.5, 0.6) is 5.75 Å². The monoisotopic (exact) mass is 377 g/mol. The van der Waals surface area contributed by atoms with Crippen LogP contribution in [0.1, 0.15) is 32.1 Å². The Bertz CT molecular complexity index is 730. The highest BCUT2D eigenvalue weighted by atomic mass is 35.5. The van der Waals surface area contributed by atoms with E-state index in [0.717, 1.165) is 18.5 Å². The van der Waals surface area contributed by atoms with Crippen LogP contribution in [-0.2, 0) is 0 Å². The van der Waals surface area contributed by atoms with Crippen molar-refractivity contribution in [3.8, 4) is 5.75 Å². The first-order valence-electron chi connectivity index (χ1n) is 8.54. The topological polar surface area (TPSA) is 48.9 Å². The van der Waals surface area contributed by atoms with E-state index in [1.54, 1.807) is 30.3 Å². The van der Waals surface area contributed by atoms with Gasteiger partial charge in [-0.3, -0.25) is 0 Å². The van der Waals surface area contributed by atoms with Crippen molar-refractivity contribution in [1.29, 1.82) is 0 Å². The molecule has 132 valence electrons. The van der Waals surface area contributed by atoms with Crippen molar-refractivity contribution >= 4 is 28.9 Å². The third-order valence-corrected chi connectivity index (χ3v) is 5.49. The van der Waals surface area contributed by atoms with Crippen LogP contribution < -0.4 is 4.74 Å². The van der Waals surface area contributed by atoms with E-state index >= 15 is 0 Å². The fraction of sp³-hybridized carbons (Fsp3) is 0.421. The zero-order chi connectivity index (χ0) is 17.8. The summed E-state index contributed by atoms with van der Waals surface area (Å²) in [4.78, 5) is 5.53. The quantitative estimate of drug-likeness (QED) is 0.419. The molecule has 0 radical (unpaired) electrons. The van der Waals surface area contributed by atoms with Gasteiger partial charge >= 0.3 is 5.71 Å². The first-order chi connectivity index (χ1) is 12.1. The Balaban J connectivity index is 1.94. The Morgan fingerprint density at radius 2 is 1.80 bits per heavy atom. The van der Waals surface area contributed by atoms with E-state index < -0.39 is 5.38 Å². The second-order valence-electron chi connectivity index (χ2n) is 6.43. The number of ether oxygens (including phenoxy) is 1. The van der Waals surface area contributed by atoms with E-state index in [1.807, 2.05) is 6.08 Å². The first kappa shape index (κ1) is 18.1. The molecule has 1 saturated carbocycles. The van der Waals surface area contributed by atoms with Crippen LogP contribution in [0.3, 0.4) is 0 Å². The van der Waals surface area contributed by atoms with Gasteiger partial charge in [-0.15, -0.1) is 11.6 Å². The van der Waals surface area contributed by atoms with Gasteiger partial charge in [0.25, 0.3) is 0 Å². The van der Waals surface area contributed by atoms with Gasteiger partial charge in [0.2, 0.25) is 0 Å². The molecule has 0 bridgehead atoms. The standard InChI is InChI=1S/C19H21Cl2N3O/c1-24(14-5-3-2-4-6-14)17-12-11-16(23-22)18(21)19(17)25-15-9-7-13(20)8-10-15/h7-12,14,18H,2-6H2,1H3. The molecule has 4 nitrogen and oxygen atoms in total. The van der Waals surface area contributed by atoms with Gasteiger partial charge in [0.15, 0.2) is 11.1 Å². The molecular formula is C19H21Cl2N3O. The van der Waals surface area contributed by atoms with E-state index in [0.29, 0.717) is 28.3 Å².